The summed E-state index contributed by atoms with van der Waals surface area (Å²) in [6.07, 6.45) is 3.19. The fraction of sp³-hybridized carbons (Fsp3) is 0.556. The maximum absolute atomic E-state index is 12.7. The van der Waals surface area contributed by atoms with Crippen molar-refractivity contribution in [3.63, 3.8) is 0 Å². The number of likely N-dealkylation sites (tertiary alicyclic amines) is 1. The smallest absolute Gasteiger partial charge is 0.310 e. The first kappa shape index (κ1) is 18.8. The van der Waals surface area contributed by atoms with E-state index in [1.807, 2.05) is 0 Å². The number of nitrogens with zero attached hydrogens (tertiary/aromatic N) is 1. The van der Waals surface area contributed by atoms with Crippen molar-refractivity contribution in [2.45, 2.75) is 43.5 Å². The van der Waals surface area contributed by atoms with Gasteiger partial charge in [0.1, 0.15) is 0 Å². The Bertz CT molecular complexity index is 771. The number of carbonyl (C=O) groups excluding carboxylic acids is 2. The van der Waals surface area contributed by atoms with Crippen LogP contribution < -0.4 is 4.72 Å². The zero-order valence-corrected chi connectivity index (χ0v) is 15.6. The molecule has 142 valence electrons. The highest BCUT2D eigenvalue weighted by atomic mass is 32.2. The van der Waals surface area contributed by atoms with Gasteiger partial charge in [-0.05, 0) is 56.9 Å². The van der Waals surface area contributed by atoms with Crippen LogP contribution in [0.25, 0.3) is 0 Å². The zero-order valence-electron chi connectivity index (χ0n) is 14.8. The Balaban J connectivity index is 1.66. The van der Waals surface area contributed by atoms with Crippen molar-refractivity contribution in [1.82, 2.24) is 9.62 Å². The molecule has 0 unspecified atom stereocenters. The molecule has 1 aromatic rings. The predicted molar refractivity (Wildman–Crippen MR) is 95.0 cm³/mol. The maximum atomic E-state index is 12.7. The van der Waals surface area contributed by atoms with Gasteiger partial charge in [0, 0.05) is 24.7 Å². The van der Waals surface area contributed by atoms with Gasteiger partial charge in [0.2, 0.25) is 10.0 Å². The Kier molecular flexibility index (Phi) is 5.62. The van der Waals surface area contributed by atoms with Crippen molar-refractivity contribution >= 4 is 21.9 Å². The molecular formula is C18H24N2O5S. The SMILES string of the molecule is CCOC(=O)[C@H]1CCCN(C(=O)c2ccc(S(=O)(=O)NC3CC3)cc2)C1. The van der Waals surface area contributed by atoms with E-state index in [0.717, 1.165) is 19.3 Å². The Morgan fingerprint density at radius 2 is 1.88 bits per heavy atom. The molecule has 1 aromatic carbocycles. The maximum Gasteiger partial charge on any atom is 0.310 e. The lowest BCUT2D eigenvalue weighted by molar-refractivity contribution is -0.149. The van der Waals surface area contributed by atoms with Crippen molar-refractivity contribution < 1.29 is 22.7 Å². The molecule has 7 nitrogen and oxygen atoms in total. The minimum atomic E-state index is -3.53. The summed E-state index contributed by atoms with van der Waals surface area (Å²) >= 11 is 0. The topological polar surface area (TPSA) is 92.8 Å². The molecule has 1 aliphatic carbocycles. The number of ether oxygens (including phenoxy) is 1. The highest BCUT2D eigenvalue weighted by Gasteiger charge is 2.30. The van der Waals surface area contributed by atoms with Crippen molar-refractivity contribution in [2.75, 3.05) is 19.7 Å². The molecule has 1 amide bonds. The van der Waals surface area contributed by atoms with Crippen LogP contribution in [0.3, 0.4) is 0 Å². The van der Waals surface area contributed by atoms with E-state index in [2.05, 4.69) is 4.72 Å². The molecule has 0 radical (unpaired) electrons. The van der Waals surface area contributed by atoms with E-state index >= 15 is 0 Å². The summed E-state index contributed by atoms with van der Waals surface area (Å²) in [6.45, 7) is 3.00. The molecule has 2 aliphatic rings. The molecule has 1 heterocycles. The highest BCUT2D eigenvalue weighted by Crippen LogP contribution is 2.23. The van der Waals surface area contributed by atoms with Crippen LogP contribution in [-0.2, 0) is 19.6 Å². The highest BCUT2D eigenvalue weighted by molar-refractivity contribution is 7.89. The third-order valence-electron chi connectivity index (χ3n) is 4.64. The van der Waals surface area contributed by atoms with Gasteiger partial charge in [-0.3, -0.25) is 9.59 Å². The van der Waals surface area contributed by atoms with E-state index in [-0.39, 0.29) is 28.7 Å². The third kappa shape index (κ3) is 4.42. The molecule has 26 heavy (non-hydrogen) atoms. The minimum absolute atomic E-state index is 0.0365. The Morgan fingerprint density at radius 3 is 2.50 bits per heavy atom. The van der Waals surface area contributed by atoms with Gasteiger partial charge in [0.05, 0.1) is 17.4 Å². The molecular weight excluding hydrogens is 356 g/mol. The summed E-state index contributed by atoms with van der Waals surface area (Å²) in [6, 6.07) is 5.99. The van der Waals surface area contributed by atoms with Crippen molar-refractivity contribution in [2.24, 2.45) is 5.92 Å². The first-order chi connectivity index (χ1) is 12.4. The largest absolute Gasteiger partial charge is 0.466 e. The van der Waals surface area contributed by atoms with E-state index in [1.165, 1.54) is 24.3 Å². The van der Waals surface area contributed by atoms with Gasteiger partial charge in [-0.1, -0.05) is 0 Å². The summed E-state index contributed by atoms with van der Waals surface area (Å²) in [5.74, 6) is -0.759. The van der Waals surface area contributed by atoms with E-state index in [1.54, 1.807) is 11.8 Å². The normalized spacial score (nSPS) is 20.7. The van der Waals surface area contributed by atoms with E-state index < -0.39 is 10.0 Å². The van der Waals surface area contributed by atoms with Gasteiger partial charge >= 0.3 is 5.97 Å². The molecule has 3 rings (SSSR count). The van der Waals surface area contributed by atoms with Gasteiger partial charge in [-0.15, -0.1) is 0 Å². The second-order valence-electron chi connectivity index (χ2n) is 6.76. The monoisotopic (exact) mass is 380 g/mol. The second-order valence-corrected chi connectivity index (χ2v) is 8.48. The lowest BCUT2D eigenvalue weighted by atomic mass is 9.97. The predicted octanol–water partition coefficient (Wildman–Crippen LogP) is 1.54. The molecule has 0 bridgehead atoms. The van der Waals surface area contributed by atoms with Crippen molar-refractivity contribution in [3.05, 3.63) is 29.8 Å². The van der Waals surface area contributed by atoms with Crippen LogP contribution in [0.5, 0.6) is 0 Å². The second kappa shape index (κ2) is 7.75. The Morgan fingerprint density at radius 1 is 1.19 bits per heavy atom. The van der Waals surface area contributed by atoms with E-state index in [0.29, 0.717) is 31.7 Å². The minimum Gasteiger partial charge on any atom is -0.466 e. The van der Waals surface area contributed by atoms with Crippen LogP contribution >= 0.6 is 0 Å². The van der Waals surface area contributed by atoms with Crippen LogP contribution in [0.2, 0.25) is 0 Å². The fourth-order valence-electron chi connectivity index (χ4n) is 3.06. The van der Waals surface area contributed by atoms with Gasteiger partial charge in [-0.2, -0.15) is 0 Å². The molecule has 2 fully saturated rings. The quantitative estimate of drug-likeness (QED) is 0.756. The number of sulfonamides is 1. The summed E-state index contributed by atoms with van der Waals surface area (Å²) in [7, 11) is -3.53. The first-order valence-electron chi connectivity index (χ1n) is 8.99. The summed E-state index contributed by atoms with van der Waals surface area (Å²) in [4.78, 5) is 26.4. The fourth-order valence-corrected chi connectivity index (χ4v) is 4.37. The average molecular weight is 380 g/mol. The number of rotatable bonds is 6. The van der Waals surface area contributed by atoms with Crippen molar-refractivity contribution in [1.29, 1.82) is 0 Å². The number of piperidine rings is 1. The van der Waals surface area contributed by atoms with E-state index in [4.69, 9.17) is 4.74 Å². The summed E-state index contributed by atoms with van der Waals surface area (Å²) in [5.41, 5.74) is 0.417. The molecule has 1 N–H and O–H groups in total. The molecule has 1 saturated carbocycles. The van der Waals surface area contributed by atoms with Gasteiger partial charge in [-0.25, -0.2) is 13.1 Å². The Hall–Kier alpha value is -1.93. The molecule has 8 heteroatoms. The lowest BCUT2D eigenvalue weighted by Crippen LogP contribution is -2.42. The number of carbonyl (C=O) groups is 2. The number of hydrogen-bond acceptors (Lipinski definition) is 5. The molecule has 1 saturated heterocycles. The molecule has 1 aliphatic heterocycles. The van der Waals surface area contributed by atoms with Crippen LogP contribution in [0, 0.1) is 5.92 Å². The Labute approximate surface area is 153 Å². The van der Waals surface area contributed by atoms with Crippen molar-refractivity contribution in [3.8, 4) is 0 Å². The van der Waals surface area contributed by atoms with Crippen LogP contribution in [-0.4, -0.2) is 50.9 Å². The average Bonchev–Trinajstić information content (AvgIpc) is 3.45. The summed E-state index contributed by atoms with van der Waals surface area (Å²) in [5, 5.41) is 0. The van der Waals surface area contributed by atoms with Crippen LogP contribution in [0.15, 0.2) is 29.2 Å². The number of esters is 1. The first-order valence-corrected chi connectivity index (χ1v) is 10.5. The summed E-state index contributed by atoms with van der Waals surface area (Å²) < 4.78 is 32.0. The van der Waals surface area contributed by atoms with Gasteiger partial charge < -0.3 is 9.64 Å². The van der Waals surface area contributed by atoms with E-state index in [9.17, 15) is 18.0 Å². The lowest BCUT2D eigenvalue weighted by Gasteiger charge is -2.31. The number of nitrogens with one attached hydrogen (secondary N) is 1. The molecule has 0 aromatic heterocycles. The number of amides is 1. The molecule has 0 spiro atoms. The van der Waals surface area contributed by atoms with Crippen LogP contribution in [0.4, 0.5) is 0 Å². The van der Waals surface area contributed by atoms with Gasteiger partial charge in [0.15, 0.2) is 0 Å². The standard InChI is InChI=1S/C18H24N2O5S/c1-2-25-18(22)14-4-3-11-20(12-14)17(21)13-5-9-16(10-6-13)26(23,24)19-15-7-8-15/h5-6,9-10,14-15,19H,2-4,7-8,11-12H2,1H3/t14-/m0/s1. The third-order valence-corrected chi connectivity index (χ3v) is 6.18. The zero-order chi connectivity index (χ0) is 18.7. The number of hydrogen-bond donors (Lipinski definition) is 1. The van der Waals surface area contributed by atoms with Crippen LogP contribution in [0.1, 0.15) is 43.0 Å². The number of benzene rings is 1. The van der Waals surface area contributed by atoms with Gasteiger partial charge in [0.25, 0.3) is 5.91 Å². The molecule has 1 atom stereocenters.